The Kier molecular flexibility index (Phi) is 3.10. The second-order valence-electron chi connectivity index (χ2n) is 6.86. The zero-order valence-corrected chi connectivity index (χ0v) is 12.8. The summed E-state index contributed by atoms with van der Waals surface area (Å²) in [4.78, 5) is 0. The van der Waals surface area contributed by atoms with Gasteiger partial charge in [0.25, 0.3) is 0 Å². The molecule has 0 unspecified atom stereocenters. The van der Waals surface area contributed by atoms with E-state index in [2.05, 4.69) is 40.2 Å². The minimum absolute atomic E-state index is 0.826. The van der Waals surface area contributed by atoms with Crippen LogP contribution in [0, 0.1) is 29.6 Å². The highest BCUT2D eigenvalue weighted by Crippen LogP contribution is 2.56. The third kappa shape index (κ3) is 2.33. The van der Waals surface area contributed by atoms with Crippen molar-refractivity contribution in [2.45, 2.75) is 32.1 Å². The topological polar surface area (TPSA) is 9.23 Å². The van der Waals surface area contributed by atoms with Gasteiger partial charge in [-0.2, -0.15) is 0 Å². The van der Waals surface area contributed by atoms with Crippen LogP contribution < -0.4 is 4.74 Å². The Labute approximate surface area is 123 Å². The lowest BCUT2D eigenvalue weighted by molar-refractivity contribution is -0.0529. The van der Waals surface area contributed by atoms with E-state index >= 15 is 0 Å². The molecule has 0 heterocycles. The molecule has 4 aliphatic rings. The number of hydrogen-bond donors (Lipinski definition) is 0. The maximum atomic E-state index is 6.08. The molecule has 102 valence electrons. The highest BCUT2D eigenvalue weighted by molar-refractivity contribution is 9.10. The quantitative estimate of drug-likeness (QED) is 0.769. The van der Waals surface area contributed by atoms with Crippen LogP contribution in [0.3, 0.4) is 0 Å². The predicted molar refractivity (Wildman–Crippen MR) is 80.2 cm³/mol. The maximum absolute atomic E-state index is 6.08. The standard InChI is InChI=1S/C17H21BrO/c18-15-2-1-3-16(9-15)19-10-17-13-5-11-4-12(7-13)8-14(17)6-11/h1-3,9,11-14,17H,4-8,10H2. The van der Waals surface area contributed by atoms with Crippen LogP contribution in [-0.2, 0) is 0 Å². The molecular weight excluding hydrogens is 300 g/mol. The Balaban J connectivity index is 1.43. The molecule has 19 heavy (non-hydrogen) atoms. The molecule has 4 saturated carbocycles. The third-order valence-corrected chi connectivity index (χ3v) is 6.15. The molecule has 1 aromatic carbocycles. The fourth-order valence-corrected chi connectivity index (χ4v) is 5.44. The van der Waals surface area contributed by atoms with Crippen molar-refractivity contribution in [3.63, 3.8) is 0 Å². The Morgan fingerprint density at radius 2 is 1.68 bits per heavy atom. The summed E-state index contributed by atoms with van der Waals surface area (Å²) < 4.78 is 7.19. The smallest absolute Gasteiger partial charge is 0.120 e. The Hall–Kier alpha value is -0.500. The van der Waals surface area contributed by atoms with Crippen molar-refractivity contribution in [3.8, 4) is 5.75 Å². The molecule has 0 N–H and O–H groups in total. The van der Waals surface area contributed by atoms with Crippen LogP contribution in [0.2, 0.25) is 0 Å². The van der Waals surface area contributed by atoms with Gasteiger partial charge in [-0.3, -0.25) is 0 Å². The van der Waals surface area contributed by atoms with E-state index in [1.165, 1.54) is 32.1 Å². The van der Waals surface area contributed by atoms with Crippen LogP contribution in [0.15, 0.2) is 28.7 Å². The van der Waals surface area contributed by atoms with E-state index in [1.54, 1.807) is 0 Å². The van der Waals surface area contributed by atoms with Crippen LogP contribution in [0.4, 0.5) is 0 Å². The molecule has 0 radical (unpaired) electrons. The van der Waals surface area contributed by atoms with Crippen molar-refractivity contribution in [3.05, 3.63) is 28.7 Å². The number of rotatable bonds is 3. The molecule has 2 heteroatoms. The summed E-state index contributed by atoms with van der Waals surface area (Å²) in [6.45, 7) is 0.936. The molecule has 4 aliphatic carbocycles. The lowest BCUT2D eigenvalue weighted by Crippen LogP contribution is -2.47. The maximum Gasteiger partial charge on any atom is 0.120 e. The first kappa shape index (κ1) is 12.3. The van der Waals surface area contributed by atoms with Gasteiger partial charge in [0.2, 0.25) is 0 Å². The summed E-state index contributed by atoms with van der Waals surface area (Å²) in [6, 6.07) is 8.25. The molecule has 0 spiro atoms. The van der Waals surface area contributed by atoms with Crippen molar-refractivity contribution in [2.75, 3.05) is 6.61 Å². The van der Waals surface area contributed by atoms with Gasteiger partial charge in [0.05, 0.1) is 6.61 Å². The molecule has 1 aromatic rings. The van der Waals surface area contributed by atoms with Gasteiger partial charge in [-0.05, 0) is 79.9 Å². The van der Waals surface area contributed by atoms with Crippen LogP contribution in [-0.4, -0.2) is 6.61 Å². The molecule has 5 rings (SSSR count). The number of ether oxygens (including phenoxy) is 1. The summed E-state index contributed by atoms with van der Waals surface area (Å²) in [5.74, 6) is 5.89. The van der Waals surface area contributed by atoms with Crippen molar-refractivity contribution >= 4 is 15.9 Å². The molecular formula is C17H21BrO. The highest BCUT2D eigenvalue weighted by Gasteiger charge is 2.48. The van der Waals surface area contributed by atoms with Crippen molar-refractivity contribution in [1.82, 2.24) is 0 Å². The second-order valence-corrected chi connectivity index (χ2v) is 7.78. The molecule has 0 saturated heterocycles. The Morgan fingerprint density at radius 1 is 1.00 bits per heavy atom. The normalized spacial score (nSPS) is 39.5. The van der Waals surface area contributed by atoms with E-state index < -0.39 is 0 Å². The molecule has 4 bridgehead atoms. The third-order valence-electron chi connectivity index (χ3n) is 5.66. The van der Waals surface area contributed by atoms with Crippen molar-refractivity contribution in [2.24, 2.45) is 29.6 Å². The molecule has 1 nitrogen and oxygen atoms in total. The zero-order valence-electron chi connectivity index (χ0n) is 11.2. The Morgan fingerprint density at radius 3 is 2.32 bits per heavy atom. The summed E-state index contributed by atoms with van der Waals surface area (Å²) in [7, 11) is 0. The summed E-state index contributed by atoms with van der Waals surface area (Å²) >= 11 is 3.51. The SMILES string of the molecule is Brc1cccc(OCC2C3CC4CC(C3)CC2C4)c1. The van der Waals surface area contributed by atoms with Crippen LogP contribution >= 0.6 is 15.9 Å². The van der Waals surface area contributed by atoms with Gasteiger partial charge in [-0.1, -0.05) is 22.0 Å². The Bertz CT molecular complexity index is 442. The minimum atomic E-state index is 0.826. The first-order valence-electron chi connectivity index (χ1n) is 7.66. The number of halogens is 1. The van der Waals surface area contributed by atoms with Crippen LogP contribution in [0.5, 0.6) is 5.75 Å². The monoisotopic (exact) mass is 320 g/mol. The molecule has 0 aliphatic heterocycles. The van der Waals surface area contributed by atoms with Gasteiger partial charge in [0, 0.05) is 4.47 Å². The van der Waals surface area contributed by atoms with E-state index in [9.17, 15) is 0 Å². The summed E-state index contributed by atoms with van der Waals surface area (Å²) in [5.41, 5.74) is 0. The van der Waals surface area contributed by atoms with E-state index in [0.717, 1.165) is 46.4 Å². The predicted octanol–water partition coefficient (Wildman–Crippen LogP) is 4.90. The molecule has 0 amide bonds. The first-order valence-corrected chi connectivity index (χ1v) is 8.45. The van der Waals surface area contributed by atoms with Gasteiger partial charge < -0.3 is 4.74 Å². The highest BCUT2D eigenvalue weighted by atomic mass is 79.9. The van der Waals surface area contributed by atoms with E-state index in [1.807, 2.05) is 0 Å². The molecule has 0 atom stereocenters. The van der Waals surface area contributed by atoms with Gasteiger partial charge in [-0.15, -0.1) is 0 Å². The minimum Gasteiger partial charge on any atom is -0.493 e. The van der Waals surface area contributed by atoms with Crippen molar-refractivity contribution < 1.29 is 4.74 Å². The number of benzene rings is 1. The number of hydrogen-bond acceptors (Lipinski definition) is 1. The fourth-order valence-electron chi connectivity index (χ4n) is 5.06. The van der Waals surface area contributed by atoms with E-state index in [4.69, 9.17) is 4.74 Å². The molecule has 0 aromatic heterocycles. The molecule has 4 fully saturated rings. The summed E-state index contributed by atoms with van der Waals surface area (Å²) in [5, 5.41) is 0. The van der Waals surface area contributed by atoms with E-state index in [-0.39, 0.29) is 0 Å². The second kappa shape index (κ2) is 4.80. The van der Waals surface area contributed by atoms with Gasteiger partial charge in [0.1, 0.15) is 5.75 Å². The van der Waals surface area contributed by atoms with Crippen LogP contribution in [0.25, 0.3) is 0 Å². The first-order chi connectivity index (χ1) is 9.28. The average molecular weight is 321 g/mol. The van der Waals surface area contributed by atoms with Gasteiger partial charge >= 0.3 is 0 Å². The summed E-state index contributed by atoms with van der Waals surface area (Å²) in [6.07, 6.45) is 7.48. The van der Waals surface area contributed by atoms with E-state index in [0.29, 0.717) is 0 Å². The van der Waals surface area contributed by atoms with Crippen LogP contribution in [0.1, 0.15) is 32.1 Å². The lowest BCUT2D eigenvalue weighted by Gasteiger charge is -2.54. The van der Waals surface area contributed by atoms with Gasteiger partial charge in [0.15, 0.2) is 0 Å². The fraction of sp³-hybridized carbons (Fsp3) is 0.647. The average Bonchev–Trinajstić information content (AvgIpc) is 2.37. The largest absolute Gasteiger partial charge is 0.493 e. The van der Waals surface area contributed by atoms with Gasteiger partial charge in [-0.25, -0.2) is 0 Å². The lowest BCUT2D eigenvalue weighted by atomic mass is 9.52. The van der Waals surface area contributed by atoms with Crippen molar-refractivity contribution in [1.29, 1.82) is 0 Å². The zero-order chi connectivity index (χ0) is 12.8.